The van der Waals surface area contributed by atoms with Crippen molar-refractivity contribution in [3.8, 4) is 16.9 Å². The van der Waals surface area contributed by atoms with E-state index in [4.69, 9.17) is 5.73 Å². The zero-order valence-electron chi connectivity index (χ0n) is 8.42. The molecule has 0 fully saturated rings. The molecule has 2 rings (SSSR count). The normalized spacial score (nSPS) is 10.0. The van der Waals surface area contributed by atoms with Gasteiger partial charge in [-0.25, -0.2) is 0 Å². The van der Waals surface area contributed by atoms with Gasteiger partial charge in [0.2, 0.25) is 5.91 Å². The van der Waals surface area contributed by atoms with Crippen LogP contribution in [0, 0.1) is 0 Å². The molecule has 0 atom stereocenters. The van der Waals surface area contributed by atoms with E-state index >= 15 is 0 Å². The Morgan fingerprint density at radius 3 is 2.44 bits per heavy atom. The number of primary amides is 1. The second-order valence-corrected chi connectivity index (χ2v) is 3.33. The van der Waals surface area contributed by atoms with Crippen LogP contribution in [0.2, 0.25) is 0 Å². The number of benzene rings is 1. The van der Waals surface area contributed by atoms with Crippen LogP contribution in [-0.4, -0.2) is 16.0 Å². The minimum Gasteiger partial charge on any atom is -0.507 e. The summed E-state index contributed by atoms with van der Waals surface area (Å²) in [4.78, 5) is 14.8. The fourth-order valence-electron chi connectivity index (χ4n) is 1.46. The van der Waals surface area contributed by atoms with Crippen LogP contribution in [0.25, 0.3) is 11.1 Å². The molecule has 0 unspecified atom stereocenters. The minimum absolute atomic E-state index is 0.0301. The van der Waals surface area contributed by atoms with E-state index in [1.165, 1.54) is 6.07 Å². The van der Waals surface area contributed by atoms with Crippen LogP contribution in [0.15, 0.2) is 42.7 Å². The van der Waals surface area contributed by atoms with Crippen molar-refractivity contribution in [1.29, 1.82) is 0 Å². The van der Waals surface area contributed by atoms with E-state index in [0.29, 0.717) is 5.56 Å². The molecule has 2 aromatic rings. The van der Waals surface area contributed by atoms with Gasteiger partial charge in [-0.1, -0.05) is 0 Å². The number of nitrogens with two attached hydrogens (primary N) is 1. The molecule has 1 heterocycles. The van der Waals surface area contributed by atoms with Crippen molar-refractivity contribution in [3.63, 3.8) is 0 Å². The Labute approximate surface area is 92.4 Å². The highest BCUT2D eigenvalue weighted by molar-refractivity contribution is 5.94. The molecule has 0 aliphatic carbocycles. The highest BCUT2D eigenvalue weighted by Gasteiger charge is 2.07. The summed E-state index contributed by atoms with van der Waals surface area (Å²) in [5.74, 6) is -0.529. The summed E-state index contributed by atoms with van der Waals surface area (Å²) in [6.45, 7) is 0. The largest absolute Gasteiger partial charge is 0.507 e. The van der Waals surface area contributed by atoms with Crippen LogP contribution < -0.4 is 5.73 Å². The van der Waals surface area contributed by atoms with E-state index in [9.17, 15) is 9.90 Å². The Hall–Kier alpha value is -2.36. The van der Waals surface area contributed by atoms with Crippen LogP contribution in [0.1, 0.15) is 10.4 Å². The van der Waals surface area contributed by atoms with Gasteiger partial charge in [-0.15, -0.1) is 0 Å². The number of rotatable bonds is 2. The Bertz CT molecular complexity index is 524. The number of carbonyl (C=O) groups is 1. The summed E-state index contributed by atoms with van der Waals surface area (Å²) >= 11 is 0. The van der Waals surface area contributed by atoms with Crippen LogP contribution in [0.3, 0.4) is 0 Å². The molecule has 0 bridgehead atoms. The van der Waals surface area contributed by atoms with Crippen molar-refractivity contribution >= 4 is 5.91 Å². The molecule has 3 N–H and O–H groups in total. The Morgan fingerprint density at radius 2 is 1.88 bits per heavy atom. The van der Waals surface area contributed by atoms with Crippen molar-refractivity contribution < 1.29 is 9.90 Å². The molecule has 4 nitrogen and oxygen atoms in total. The van der Waals surface area contributed by atoms with Gasteiger partial charge in [0.1, 0.15) is 5.75 Å². The molecule has 1 aromatic heterocycles. The van der Waals surface area contributed by atoms with Gasteiger partial charge in [-0.3, -0.25) is 9.78 Å². The Morgan fingerprint density at radius 1 is 1.19 bits per heavy atom. The monoisotopic (exact) mass is 214 g/mol. The fourth-order valence-corrected chi connectivity index (χ4v) is 1.46. The Balaban J connectivity index is 2.48. The van der Waals surface area contributed by atoms with Crippen LogP contribution in [0.4, 0.5) is 0 Å². The summed E-state index contributed by atoms with van der Waals surface area (Å²) in [7, 11) is 0. The van der Waals surface area contributed by atoms with Gasteiger partial charge in [0.05, 0.1) is 0 Å². The van der Waals surface area contributed by atoms with Crippen LogP contribution in [0.5, 0.6) is 5.75 Å². The lowest BCUT2D eigenvalue weighted by Crippen LogP contribution is -2.10. The van der Waals surface area contributed by atoms with Crippen molar-refractivity contribution in [1.82, 2.24) is 4.98 Å². The molecule has 0 spiro atoms. The van der Waals surface area contributed by atoms with Crippen molar-refractivity contribution in [2.45, 2.75) is 0 Å². The predicted octanol–water partition coefficient (Wildman–Crippen LogP) is 1.55. The number of hydrogen-bond donors (Lipinski definition) is 2. The number of phenolic OH excluding ortho intramolecular Hbond substituents is 1. The van der Waals surface area contributed by atoms with E-state index in [2.05, 4.69) is 4.98 Å². The lowest BCUT2D eigenvalue weighted by Gasteiger charge is -2.05. The SMILES string of the molecule is NC(=O)c1ccc(-c2ccncc2)c(O)c1. The molecular weight excluding hydrogens is 204 g/mol. The number of phenols is 1. The molecule has 0 radical (unpaired) electrons. The second-order valence-electron chi connectivity index (χ2n) is 3.33. The van der Waals surface area contributed by atoms with E-state index < -0.39 is 5.91 Å². The maximum absolute atomic E-state index is 10.9. The average molecular weight is 214 g/mol. The smallest absolute Gasteiger partial charge is 0.248 e. The first-order valence-corrected chi connectivity index (χ1v) is 4.71. The Kier molecular flexibility index (Phi) is 2.55. The third kappa shape index (κ3) is 1.86. The summed E-state index contributed by atoms with van der Waals surface area (Å²) in [5.41, 5.74) is 6.88. The number of aromatic nitrogens is 1. The summed E-state index contributed by atoms with van der Waals surface area (Å²) in [6, 6.07) is 8.15. The van der Waals surface area contributed by atoms with Crippen LogP contribution >= 0.6 is 0 Å². The summed E-state index contributed by atoms with van der Waals surface area (Å²) in [6.07, 6.45) is 3.27. The molecule has 1 aromatic carbocycles. The number of carbonyl (C=O) groups excluding carboxylic acids is 1. The molecule has 1 amide bonds. The summed E-state index contributed by atoms with van der Waals surface area (Å²) < 4.78 is 0. The first-order valence-electron chi connectivity index (χ1n) is 4.71. The third-order valence-electron chi connectivity index (χ3n) is 2.27. The standard InChI is InChI=1S/C12H10N2O2/c13-12(16)9-1-2-10(11(15)7-9)8-3-5-14-6-4-8/h1-7,15H,(H2,13,16). The highest BCUT2D eigenvalue weighted by atomic mass is 16.3. The molecule has 0 saturated carbocycles. The van der Waals surface area contributed by atoms with Gasteiger partial charge in [0.15, 0.2) is 0 Å². The first-order chi connectivity index (χ1) is 7.68. The van der Waals surface area contributed by atoms with Gasteiger partial charge in [0, 0.05) is 23.5 Å². The van der Waals surface area contributed by atoms with Crippen molar-refractivity contribution in [2.24, 2.45) is 5.73 Å². The first kappa shape index (κ1) is 10.2. The number of hydrogen-bond acceptors (Lipinski definition) is 3. The minimum atomic E-state index is -0.559. The maximum Gasteiger partial charge on any atom is 0.248 e. The molecule has 0 saturated heterocycles. The number of pyridine rings is 1. The molecule has 4 heteroatoms. The second kappa shape index (κ2) is 4.02. The molecule has 0 aliphatic rings. The van der Waals surface area contributed by atoms with E-state index in [1.807, 2.05) is 0 Å². The molecule has 0 aliphatic heterocycles. The average Bonchev–Trinajstić information content (AvgIpc) is 2.30. The number of nitrogens with zero attached hydrogens (tertiary/aromatic N) is 1. The van der Waals surface area contributed by atoms with Gasteiger partial charge < -0.3 is 10.8 Å². The van der Waals surface area contributed by atoms with Crippen molar-refractivity contribution in [2.75, 3.05) is 0 Å². The predicted molar refractivity (Wildman–Crippen MR) is 59.9 cm³/mol. The van der Waals surface area contributed by atoms with Gasteiger partial charge in [-0.2, -0.15) is 0 Å². The quantitative estimate of drug-likeness (QED) is 0.796. The van der Waals surface area contributed by atoms with Crippen LogP contribution in [-0.2, 0) is 0 Å². The van der Waals surface area contributed by atoms with Gasteiger partial charge in [0.25, 0.3) is 0 Å². The van der Waals surface area contributed by atoms with Gasteiger partial charge >= 0.3 is 0 Å². The fraction of sp³-hybridized carbons (Fsp3) is 0. The summed E-state index contributed by atoms with van der Waals surface area (Å²) in [5, 5.41) is 9.77. The molecule has 80 valence electrons. The third-order valence-corrected chi connectivity index (χ3v) is 2.27. The zero-order valence-corrected chi connectivity index (χ0v) is 8.42. The lowest BCUT2D eigenvalue weighted by molar-refractivity contribution is 0.1000. The van der Waals surface area contributed by atoms with E-state index in [1.54, 1.807) is 36.7 Å². The zero-order chi connectivity index (χ0) is 11.5. The van der Waals surface area contributed by atoms with Crippen molar-refractivity contribution in [3.05, 3.63) is 48.3 Å². The van der Waals surface area contributed by atoms with E-state index in [-0.39, 0.29) is 11.3 Å². The highest BCUT2D eigenvalue weighted by Crippen LogP contribution is 2.29. The number of amides is 1. The van der Waals surface area contributed by atoms with E-state index in [0.717, 1.165) is 5.56 Å². The molecule has 16 heavy (non-hydrogen) atoms. The lowest BCUT2D eigenvalue weighted by atomic mass is 10.0. The maximum atomic E-state index is 10.9. The topological polar surface area (TPSA) is 76.2 Å². The van der Waals surface area contributed by atoms with Gasteiger partial charge in [-0.05, 0) is 35.9 Å². The number of aromatic hydroxyl groups is 1. The molecular formula is C12H10N2O2.